The van der Waals surface area contributed by atoms with Crippen molar-refractivity contribution in [3.63, 3.8) is 0 Å². The highest BCUT2D eigenvalue weighted by Gasteiger charge is 2.18. The molecule has 0 aliphatic heterocycles. The molecule has 0 unspecified atom stereocenters. The molecule has 2 N–H and O–H groups in total. The molecule has 0 atom stereocenters. The second-order valence-electron chi connectivity index (χ2n) is 4.69. The minimum Gasteiger partial charge on any atom is -0.526 e. The second-order valence-corrected chi connectivity index (χ2v) is 4.69. The van der Waals surface area contributed by atoms with Gasteiger partial charge in [-0.15, -0.1) is 0 Å². The second kappa shape index (κ2) is 7.96. The van der Waals surface area contributed by atoms with Gasteiger partial charge in [-0.1, -0.05) is 12.1 Å². The number of carboxylic acid groups (broad SMARTS) is 2. The molecule has 0 saturated carbocycles. The van der Waals surface area contributed by atoms with E-state index in [0.717, 1.165) is 0 Å². The average Bonchev–Trinajstić information content (AvgIpc) is 2.60. The summed E-state index contributed by atoms with van der Waals surface area (Å²) in [6.07, 6.45) is 0. The molecule has 0 radical (unpaired) electrons. The van der Waals surface area contributed by atoms with Gasteiger partial charge in [0.2, 0.25) is 0 Å². The maximum atomic E-state index is 11.2. The van der Waals surface area contributed by atoms with Crippen molar-refractivity contribution >= 4 is 19.6 Å². The summed E-state index contributed by atoms with van der Waals surface area (Å²) in [5.74, 6) is -1.83. The van der Waals surface area contributed by atoms with E-state index in [0.29, 0.717) is 0 Å². The third-order valence-electron chi connectivity index (χ3n) is 3.26. The van der Waals surface area contributed by atoms with Gasteiger partial charge in [0, 0.05) is 0 Å². The monoisotopic (exact) mass is 346 g/mol. The van der Waals surface area contributed by atoms with Gasteiger partial charge in [0.25, 0.3) is 0 Å². The maximum Gasteiger partial charge on any atom is 0.576 e. The molecular formula is C16H15BO8. The highest BCUT2D eigenvalue weighted by Crippen LogP contribution is 2.33. The number of ether oxygens (including phenoxy) is 2. The van der Waals surface area contributed by atoms with Gasteiger partial charge in [-0.05, 0) is 24.3 Å². The fraction of sp³-hybridized carbons (Fsp3) is 0.125. The van der Waals surface area contributed by atoms with E-state index >= 15 is 0 Å². The van der Waals surface area contributed by atoms with Crippen LogP contribution in [0.5, 0.6) is 23.0 Å². The van der Waals surface area contributed by atoms with Crippen molar-refractivity contribution in [1.82, 2.24) is 0 Å². The van der Waals surface area contributed by atoms with Crippen LogP contribution in [0.4, 0.5) is 0 Å². The molecule has 2 aromatic rings. The van der Waals surface area contributed by atoms with Crippen LogP contribution >= 0.6 is 0 Å². The fourth-order valence-electron chi connectivity index (χ4n) is 2.17. The van der Waals surface area contributed by atoms with Crippen LogP contribution in [0.15, 0.2) is 36.4 Å². The molecule has 0 aromatic heterocycles. The first-order valence-corrected chi connectivity index (χ1v) is 7.05. The zero-order valence-corrected chi connectivity index (χ0v) is 13.5. The summed E-state index contributed by atoms with van der Waals surface area (Å²) in [7, 11) is 2.35. The third kappa shape index (κ3) is 3.95. The normalized spacial score (nSPS) is 9.84. The molecule has 0 saturated heterocycles. The van der Waals surface area contributed by atoms with Gasteiger partial charge in [0.05, 0.1) is 14.2 Å². The van der Waals surface area contributed by atoms with Crippen LogP contribution in [0.2, 0.25) is 0 Å². The van der Waals surface area contributed by atoms with Crippen LogP contribution in [0, 0.1) is 0 Å². The third-order valence-corrected chi connectivity index (χ3v) is 3.26. The number of carboxylic acids is 2. The largest absolute Gasteiger partial charge is 0.576 e. The van der Waals surface area contributed by atoms with E-state index in [9.17, 15) is 9.59 Å². The predicted octanol–water partition coefficient (Wildman–Crippen LogP) is 1.82. The van der Waals surface area contributed by atoms with Crippen molar-refractivity contribution in [3.8, 4) is 23.0 Å². The summed E-state index contributed by atoms with van der Waals surface area (Å²) < 4.78 is 21.0. The number of hydrogen-bond acceptors (Lipinski definition) is 6. The van der Waals surface area contributed by atoms with Crippen molar-refractivity contribution in [3.05, 3.63) is 47.5 Å². The Kier molecular flexibility index (Phi) is 5.73. The molecule has 8 nitrogen and oxygen atoms in total. The molecule has 0 fully saturated rings. The lowest BCUT2D eigenvalue weighted by Gasteiger charge is -2.14. The molecule has 2 aromatic carbocycles. The molecule has 25 heavy (non-hydrogen) atoms. The lowest BCUT2D eigenvalue weighted by Crippen LogP contribution is -2.14. The number of para-hydroxylation sites is 2. The van der Waals surface area contributed by atoms with E-state index in [4.69, 9.17) is 29.0 Å². The van der Waals surface area contributed by atoms with Gasteiger partial charge in [-0.3, -0.25) is 0 Å². The Bertz CT molecular complexity index is 724. The van der Waals surface area contributed by atoms with E-state index in [1.165, 1.54) is 50.6 Å². The van der Waals surface area contributed by atoms with Crippen LogP contribution in [-0.4, -0.2) is 44.1 Å². The summed E-state index contributed by atoms with van der Waals surface area (Å²) in [6.45, 7) is 0. The van der Waals surface area contributed by atoms with Crippen molar-refractivity contribution < 1.29 is 38.6 Å². The van der Waals surface area contributed by atoms with E-state index in [-0.39, 0.29) is 41.8 Å². The molecule has 0 spiro atoms. The lowest BCUT2D eigenvalue weighted by molar-refractivity contribution is 0.0682. The molecule has 0 amide bonds. The molecular weight excluding hydrogens is 331 g/mol. The summed E-state index contributed by atoms with van der Waals surface area (Å²) in [5, 5.41) is 18.3. The molecule has 0 bridgehead atoms. The number of aromatic carboxylic acids is 2. The van der Waals surface area contributed by atoms with Crippen molar-refractivity contribution in [1.29, 1.82) is 0 Å². The van der Waals surface area contributed by atoms with Crippen LogP contribution in [0.3, 0.4) is 0 Å². The Labute approximate surface area is 143 Å². The van der Waals surface area contributed by atoms with E-state index in [1.54, 1.807) is 0 Å². The fourth-order valence-corrected chi connectivity index (χ4v) is 2.17. The Balaban J connectivity index is 2.17. The summed E-state index contributed by atoms with van der Waals surface area (Å²) in [6, 6.07) is 8.83. The Hall–Kier alpha value is -3.36. The van der Waals surface area contributed by atoms with Crippen molar-refractivity contribution in [2.45, 2.75) is 0 Å². The molecule has 9 heteroatoms. The van der Waals surface area contributed by atoms with E-state index in [1.807, 2.05) is 0 Å². The first kappa shape index (κ1) is 18.0. The maximum absolute atomic E-state index is 11.2. The first-order valence-electron chi connectivity index (χ1n) is 7.05. The van der Waals surface area contributed by atoms with Gasteiger partial charge < -0.3 is 29.0 Å². The average molecular weight is 346 g/mol. The Morgan fingerprint density at radius 3 is 1.52 bits per heavy atom. The van der Waals surface area contributed by atoms with Gasteiger partial charge in [-0.2, -0.15) is 0 Å². The SMILES string of the molecule is COc1c(OBOc2cccc(C(=O)O)c2OC)cccc1C(=O)O. The van der Waals surface area contributed by atoms with Gasteiger partial charge in [0.1, 0.15) is 22.6 Å². The summed E-state index contributed by atoms with van der Waals surface area (Å²) >= 11 is 0. The van der Waals surface area contributed by atoms with Gasteiger partial charge in [-0.25, -0.2) is 9.59 Å². The van der Waals surface area contributed by atoms with Crippen LogP contribution < -0.4 is 18.8 Å². The van der Waals surface area contributed by atoms with Crippen LogP contribution in [0.1, 0.15) is 20.7 Å². The molecule has 130 valence electrons. The highest BCUT2D eigenvalue weighted by atomic mass is 16.6. The number of methoxy groups -OCH3 is 2. The van der Waals surface area contributed by atoms with Crippen LogP contribution in [0.25, 0.3) is 0 Å². The smallest absolute Gasteiger partial charge is 0.526 e. The van der Waals surface area contributed by atoms with Gasteiger partial charge in [0.15, 0.2) is 11.5 Å². The molecule has 0 aliphatic carbocycles. The Morgan fingerprint density at radius 2 is 1.20 bits per heavy atom. The summed E-state index contributed by atoms with van der Waals surface area (Å²) in [5.41, 5.74) is -0.101. The number of carbonyl (C=O) groups is 2. The van der Waals surface area contributed by atoms with Crippen molar-refractivity contribution in [2.75, 3.05) is 14.2 Å². The quantitative estimate of drug-likeness (QED) is 0.697. The van der Waals surface area contributed by atoms with Gasteiger partial charge >= 0.3 is 19.6 Å². The zero-order chi connectivity index (χ0) is 18.4. The number of rotatable bonds is 8. The Morgan fingerprint density at radius 1 is 0.800 bits per heavy atom. The number of benzene rings is 2. The number of hydrogen-bond donors (Lipinski definition) is 2. The molecule has 0 heterocycles. The minimum atomic E-state index is -1.15. The standard InChI is InChI=1S/C16H15BO8/c1-22-13-9(15(18)19)5-3-7-11(13)24-17-25-12-8-4-6-10(16(20)21)14(12)23-2/h3-8,17H,1-2H3,(H,18,19)(H,20,21). The minimum absolute atomic E-state index is 0.0505. The zero-order valence-electron chi connectivity index (χ0n) is 13.5. The van der Waals surface area contributed by atoms with E-state index in [2.05, 4.69) is 0 Å². The lowest BCUT2D eigenvalue weighted by atomic mass is 10.1. The highest BCUT2D eigenvalue weighted by molar-refractivity contribution is 6.21. The summed E-state index contributed by atoms with van der Waals surface area (Å²) in [4.78, 5) is 22.3. The predicted molar refractivity (Wildman–Crippen MR) is 88.3 cm³/mol. The molecule has 0 aliphatic rings. The first-order chi connectivity index (χ1) is 12.0. The van der Waals surface area contributed by atoms with Crippen LogP contribution in [-0.2, 0) is 0 Å². The molecule has 2 rings (SSSR count). The topological polar surface area (TPSA) is 112 Å². The van der Waals surface area contributed by atoms with E-state index < -0.39 is 11.9 Å². The van der Waals surface area contributed by atoms with Crippen molar-refractivity contribution in [2.24, 2.45) is 0 Å².